The Balaban J connectivity index is 1.73. The lowest BCUT2D eigenvalue weighted by Gasteiger charge is -2.37. The van der Waals surface area contributed by atoms with E-state index < -0.39 is 0 Å². The molecule has 2 rings (SSSR count). The molecule has 0 aliphatic heterocycles. The van der Waals surface area contributed by atoms with Crippen LogP contribution in [0.2, 0.25) is 5.02 Å². The minimum Gasteiger partial charge on any atom is -0.392 e. The highest BCUT2D eigenvalue weighted by Crippen LogP contribution is 2.39. The summed E-state index contributed by atoms with van der Waals surface area (Å²) in [6.07, 6.45) is 4.13. The van der Waals surface area contributed by atoms with Crippen molar-refractivity contribution in [3.63, 3.8) is 0 Å². The predicted octanol–water partition coefficient (Wildman–Crippen LogP) is 3.97. The number of hydrogen-bond donors (Lipinski definition) is 2. The van der Waals surface area contributed by atoms with Gasteiger partial charge in [-0.2, -0.15) is 0 Å². The van der Waals surface area contributed by atoms with Crippen LogP contribution in [0.4, 0.5) is 0 Å². The molecule has 1 aromatic carbocycles. The fourth-order valence-corrected chi connectivity index (χ4v) is 3.42. The molecule has 1 unspecified atom stereocenters. The molecular weight excluding hydrogens is 270 g/mol. The maximum absolute atomic E-state index is 10.1. The molecule has 1 aromatic rings. The molecule has 0 spiro atoms. The summed E-state index contributed by atoms with van der Waals surface area (Å²) in [6.45, 7) is 5.01. The van der Waals surface area contributed by atoms with Crippen LogP contribution in [0.25, 0.3) is 0 Å². The fraction of sp³-hybridized carbons (Fsp3) is 0.647. The first-order valence-corrected chi connectivity index (χ1v) is 8.19. The summed E-state index contributed by atoms with van der Waals surface area (Å²) in [6, 6.07) is 8.65. The number of nitrogens with one attached hydrogen (secondary N) is 1. The molecule has 0 saturated heterocycles. The Kier molecular flexibility index (Phi) is 5.88. The van der Waals surface area contributed by atoms with Crippen LogP contribution in [0.1, 0.15) is 51.0 Å². The quantitative estimate of drug-likeness (QED) is 0.798. The molecule has 0 heterocycles. The van der Waals surface area contributed by atoms with Crippen molar-refractivity contribution < 1.29 is 5.11 Å². The molecule has 1 fully saturated rings. The van der Waals surface area contributed by atoms with E-state index in [1.807, 2.05) is 12.1 Å². The smallest absolute Gasteiger partial charge is 0.0692 e. The standard InChI is InChI=1S/C17H26ClNO/c1-3-12(4-2)17(20)11-19-14-9-13(10-14)15-7-5-6-8-16(15)18/h5-8,12-14,17,19-20H,3-4,9-11H2,1-2H3. The number of aliphatic hydroxyl groups is 1. The molecule has 0 aromatic heterocycles. The number of halogens is 1. The van der Waals surface area contributed by atoms with Crippen molar-refractivity contribution in [2.24, 2.45) is 5.92 Å². The van der Waals surface area contributed by atoms with E-state index in [0.717, 1.165) is 30.7 Å². The first kappa shape index (κ1) is 15.8. The van der Waals surface area contributed by atoms with E-state index in [1.165, 1.54) is 5.56 Å². The van der Waals surface area contributed by atoms with E-state index in [4.69, 9.17) is 11.6 Å². The molecule has 0 bridgehead atoms. The minimum absolute atomic E-state index is 0.218. The third kappa shape index (κ3) is 3.75. The van der Waals surface area contributed by atoms with Gasteiger partial charge in [0.2, 0.25) is 0 Å². The number of hydrogen-bond acceptors (Lipinski definition) is 2. The lowest BCUT2D eigenvalue weighted by atomic mass is 9.75. The zero-order valence-electron chi connectivity index (χ0n) is 12.5. The maximum atomic E-state index is 10.1. The molecule has 0 amide bonds. The second kappa shape index (κ2) is 7.44. The zero-order valence-corrected chi connectivity index (χ0v) is 13.2. The van der Waals surface area contributed by atoms with Gasteiger partial charge >= 0.3 is 0 Å². The third-order valence-electron chi connectivity index (χ3n) is 4.69. The van der Waals surface area contributed by atoms with Gasteiger partial charge in [0.25, 0.3) is 0 Å². The summed E-state index contributed by atoms with van der Waals surface area (Å²) in [5, 5.41) is 14.5. The number of rotatable bonds is 7. The van der Waals surface area contributed by atoms with Gasteiger partial charge in [0.05, 0.1) is 6.10 Å². The summed E-state index contributed by atoms with van der Waals surface area (Å²) in [5.74, 6) is 0.994. The van der Waals surface area contributed by atoms with Crippen LogP contribution in [0, 0.1) is 5.92 Å². The fourth-order valence-electron chi connectivity index (χ4n) is 3.13. The van der Waals surface area contributed by atoms with E-state index in [-0.39, 0.29) is 6.10 Å². The first-order valence-electron chi connectivity index (χ1n) is 7.81. The van der Waals surface area contributed by atoms with E-state index in [2.05, 4.69) is 31.3 Å². The van der Waals surface area contributed by atoms with Gasteiger partial charge in [-0.1, -0.05) is 56.5 Å². The van der Waals surface area contributed by atoms with Gasteiger partial charge in [-0.05, 0) is 36.3 Å². The monoisotopic (exact) mass is 295 g/mol. The Morgan fingerprint density at radius 3 is 2.50 bits per heavy atom. The van der Waals surface area contributed by atoms with Crippen LogP contribution < -0.4 is 5.32 Å². The highest BCUT2D eigenvalue weighted by atomic mass is 35.5. The second-order valence-corrected chi connectivity index (χ2v) is 6.35. The second-order valence-electron chi connectivity index (χ2n) is 5.94. The topological polar surface area (TPSA) is 32.3 Å². The van der Waals surface area contributed by atoms with Crippen molar-refractivity contribution in [1.29, 1.82) is 0 Å². The summed E-state index contributed by atoms with van der Waals surface area (Å²) >= 11 is 6.23. The summed E-state index contributed by atoms with van der Waals surface area (Å²) in [7, 11) is 0. The maximum Gasteiger partial charge on any atom is 0.0692 e. The highest BCUT2D eigenvalue weighted by Gasteiger charge is 2.31. The van der Waals surface area contributed by atoms with Crippen LogP contribution in [-0.4, -0.2) is 23.8 Å². The van der Waals surface area contributed by atoms with Gasteiger partial charge in [0.15, 0.2) is 0 Å². The van der Waals surface area contributed by atoms with Gasteiger partial charge in [-0.3, -0.25) is 0 Å². The summed E-state index contributed by atoms with van der Waals surface area (Å²) in [5.41, 5.74) is 1.27. The lowest BCUT2D eigenvalue weighted by Crippen LogP contribution is -2.44. The molecular formula is C17H26ClNO. The first-order chi connectivity index (χ1) is 9.65. The SMILES string of the molecule is CCC(CC)C(O)CNC1CC(c2ccccc2Cl)C1. The molecule has 112 valence electrons. The molecule has 0 radical (unpaired) electrons. The molecule has 1 atom stereocenters. The van der Waals surface area contributed by atoms with E-state index in [1.54, 1.807) is 0 Å². The number of benzene rings is 1. The van der Waals surface area contributed by atoms with Gasteiger partial charge in [0.1, 0.15) is 0 Å². The van der Waals surface area contributed by atoms with Crippen LogP contribution in [0.3, 0.4) is 0 Å². The Hall–Kier alpha value is -0.570. The van der Waals surface area contributed by atoms with Crippen molar-refractivity contribution in [2.75, 3.05) is 6.54 Å². The molecule has 3 heteroatoms. The van der Waals surface area contributed by atoms with Crippen LogP contribution in [0.5, 0.6) is 0 Å². The van der Waals surface area contributed by atoms with Gasteiger partial charge in [-0.25, -0.2) is 0 Å². The molecule has 2 nitrogen and oxygen atoms in total. The van der Waals surface area contributed by atoms with Crippen LogP contribution in [0.15, 0.2) is 24.3 Å². The Labute approximate surface area is 127 Å². The van der Waals surface area contributed by atoms with Gasteiger partial charge < -0.3 is 10.4 Å². The molecule has 2 N–H and O–H groups in total. The van der Waals surface area contributed by atoms with E-state index in [9.17, 15) is 5.11 Å². The average molecular weight is 296 g/mol. The number of aliphatic hydroxyl groups excluding tert-OH is 1. The van der Waals surface area contributed by atoms with E-state index in [0.29, 0.717) is 24.4 Å². The lowest BCUT2D eigenvalue weighted by molar-refractivity contribution is 0.0925. The van der Waals surface area contributed by atoms with E-state index >= 15 is 0 Å². The Morgan fingerprint density at radius 1 is 1.25 bits per heavy atom. The Morgan fingerprint density at radius 2 is 1.90 bits per heavy atom. The largest absolute Gasteiger partial charge is 0.392 e. The average Bonchev–Trinajstić information content (AvgIpc) is 2.40. The minimum atomic E-state index is -0.218. The molecule has 1 aliphatic carbocycles. The van der Waals surface area contributed by atoms with Crippen molar-refractivity contribution in [1.82, 2.24) is 5.32 Å². The van der Waals surface area contributed by atoms with Crippen molar-refractivity contribution in [3.8, 4) is 0 Å². The van der Waals surface area contributed by atoms with Crippen molar-refractivity contribution >= 4 is 11.6 Å². The zero-order chi connectivity index (χ0) is 14.5. The normalized spacial score (nSPS) is 23.6. The van der Waals surface area contributed by atoms with Crippen LogP contribution in [-0.2, 0) is 0 Å². The molecule has 20 heavy (non-hydrogen) atoms. The van der Waals surface area contributed by atoms with Gasteiger partial charge in [0, 0.05) is 17.6 Å². The Bertz CT molecular complexity index is 413. The third-order valence-corrected chi connectivity index (χ3v) is 5.04. The van der Waals surface area contributed by atoms with Crippen LogP contribution >= 0.6 is 11.6 Å². The molecule has 1 saturated carbocycles. The van der Waals surface area contributed by atoms with Gasteiger partial charge in [-0.15, -0.1) is 0 Å². The van der Waals surface area contributed by atoms with Crippen molar-refractivity contribution in [2.45, 2.75) is 57.6 Å². The van der Waals surface area contributed by atoms with Crippen molar-refractivity contribution in [3.05, 3.63) is 34.9 Å². The molecule has 1 aliphatic rings. The predicted molar refractivity (Wildman–Crippen MR) is 85.3 cm³/mol. The summed E-state index contributed by atoms with van der Waals surface area (Å²) in [4.78, 5) is 0. The highest BCUT2D eigenvalue weighted by molar-refractivity contribution is 6.31. The summed E-state index contributed by atoms with van der Waals surface area (Å²) < 4.78 is 0.